The first-order chi connectivity index (χ1) is 7.17. The Morgan fingerprint density at radius 2 is 2.13 bits per heavy atom. The van der Waals surface area contributed by atoms with Gasteiger partial charge in [-0.15, -0.1) is 0 Å². The lowest BCUT2D eigenvalue weighted by molar-refractivity contribution is -0.153. The summed E-state index contributed by atoms with van der Waals surface area (Å²) in [5.74, 6) is -0.755. The first-order valence-electron chi connectivity index (χ1n) is 4.67. The van der Waals surface area contributed by atoms with Gasteiger partial charge in [0.1, 0.15) is 18.8 Å². The molecule has 0 aromatic carbocycles. The molecule has 0 aromatic heterocycles. The lowest BCUT2D eigenvalue weighted by Crippen LogP contribution is -2.31. The molecule has 0 saturated carbocycles. The number of carbonyl (C=O) groups excluding carboxylic acids is 2. The van der Waals surface area contributed by atoms with Crippen LogP contribution in [0.25, 0.3) is 0 Å². The van der Waals surface area contributed by atoms with E-state index in [1.54, 1.807) is 0 Å². The monoisotopic (exact) mass is 217 g/mol. The molecule has 0 radical (unpaired) electrons. The van der Waals surface area contributed by atoms with E-state index in [-0.39, 0.29) is 24.7 Å². The largest absolute Gasteiger partial charge is 0.468 e. The average Bonchev–Trinajstić information content (AvgIpc) is 2.65. The maximum absolute atomic E-state index is 11.1. The molecule has 0 aliphatic carbocycles. The first-order valence-corrected chi connectivity index (χ1v) is 4.67. The average molecular weight is 217 g/mol. The van der Waals surface area contributed by atoms with Gasteiger partial charge in [-0.25, -0.2) is 4.79 Å². The molecule has 6 heteroatoms. The van der Waals surface area contributed by atoms with Crippen molar-refractivity contribution in [2.75, 3.05) is 27.4 Å². The Labute approximate surface area is 87.9 Å². The fourth-order valence-electron chi connectivity index (χ4n) is 1.45. The van der Waals surface area contributed by atoms with E-state index in [1.165, 1.54) is 14.2 Å². The van der Waals surface area contributed by atoms with Crippen LogP contribution in [-0.2, 0) is 23.8 Å². The molecule has 0 amide bonds. The van der Waals surface area contributed by atoms with E-state index in [1.807, 2.05) is 0 Å². The fraction of sp³-hybridized carbons (Fsp3) is 0.778. The number of ether oxygens (including phenoxy) is 3. The van der Waals surface area contributed by atoms with Crippen molar-refractivity contribution in [2.24, 2.45) is 0 Å². The summed E-state index contributed by atoms with van der Waals surface area (Å²) in [5, 5.41) is 2.91. The highest BCUT2D eigenvalue weighted by Gasteiger charge is 2.32. The van der Waals surface area contributed by atoms with Crippen molar-refractivity contribution in [1.29, 1.82) is 0 Å². The Bertz CT molecular complexity index is 243. The number of rotatable bonds is 4. The van der Waals surface area contributed by atoms with Crippen LogP contribution in [0.2, 0.25) is 0 Å². The van der Waals surface area contributed by atoms with Crippen LogP contribution in [0.15, 0.2) is 0 Å². The van der Waals surface area contributed by atoms with Crippen LogP contribution in [0.1, 0.15) is 6.42 Å². The first kappa shape index (κ1) is 11.9. The highest BCUT2D eigenvalue weighted by Crippen LogP contribution is 2.11. The second kappa shape index (κ2) is 5.67. The maximum Gasteiger partial charge on any atom is 0.332 e. The molecule has 1 rings (SSSR count). The summed E-state index contributed by atoms with van der Waals surface area (Å²) in [4.78, 5) is 22.2. The number of carbonyl (C=O) groups is 2. The van der Waals surface area contributed by atoms with Crippen LogP contribution in [0.5, 0.6) is 0 Å². The maximum atomic E-state index is 11.1. The Morgan fingerprint density at radius 1 is 1.40 bits per heavy atom. The van der Waals surface area contributed by atoms with Gasteiger partial charge in [0.15, 0.2) is 0 Å². The molecule has 0 unspecified atom stereocenters. The van der Waals surface area contributed by atoms with Crippen LogP contribution in [0.4, 0.5) is 0 Å². The molecule has 6 nitrogen and oxygen atoms in total. The topological polar surface area (TPSA) is 73.9 Å². The van der Waals surface area contributed by atoms with Crippen LogP contribution < -0.4 is 5.32 Å². The minimum atomic E-state index is -0.421. The smallest absolute Gasteiger partial charge is 0.332 e. The summed E-state index contributed by atoms with van der Waals surface area (Å²) >= 11 is 0. The molecule has 0 spiro atoms. The molecule has 0 bridgehead atoms. The van der Waals surface area contributed by atoms with E-state index in [0.29, 0.717) is 13.0 Å². The highest BCUT2D eigenvalue weighted by atomic mass is 16.6. The fourth-order valence-corrected chi connectivity index (χ4v) is 1.45. The van der Waals surface area contributed by atoms with Gasteiger partial charge in [-0.2, -0.15) is 0 Å². The lowest BCUT2D eigenvalue weighted by Gasteiger charge is -2.10. The normalized spacial score (nSPS) is 24.9. The SMILES string of the molecule is COCC(=O)O[C@@H]1CN[C@H](C(=O)OC)C1. The van der Waals surface area contributed by atoms with Crippen molar-refractivity contribution < 1.29 is 23.8 Å². The van der Waals surface area contributed by atoms with Crippen LogP contribution in [0.3, 0.4) is 0 Å². The Hall–Kier alpha value is -1.14. The van der Waals surface area contributed by atoms with E-state index < -0.39 is 5.97 Å². The van der Waals surface area contributed by atoms with Crippen molar-refractivity contribution in [3.05, 3.63) is 0 Å². The van der Waals surface area contributed by atoms with Crippen LogP contribution in [0, 0.1) is 0 Å². The zero-order valence-corrected chi connectivity index (χ0v) is 8.82. The summed E-state index contributed by atoms with van der Waals surface area (Å²) in [6.07, 6.45) is 0.166. The molecule has 2 atom stereocenters. The van der Waals surface area contributed by atoms with Gasteiger partial charge in [-0.3, -0.25) is 4.79 Å². The third kappa shape index (κ3) is 3.49. The van der Waals surface area contributed by atoms with Crippen LogP contribution in [-0.4, -0.2) is 51.5 Å². The molecule has 15 heavy (non-hydrogen) atoms. The molecule has 0 aromatic rings. The van der Waals surface area contributed by atoms with Gasteiger partial charge in [0.05, 0.1) is 7.11 Å². The molecule has 1 saturated heterocycles. The van der Waals surface area contributed by atoms with E-state index >= 15 is 0 Å². The number of methoxy groups -OCH3 is 2. The van der Waals surface area contributed by atoms with Gasteiger partial charge in [0.25, 0.3) is 0 Å². The number of hydrogen-bond acceptors (Lipinski definition) is 6. The lowest BCUT2D eigenvalue weighted by atomic mass is 10.2. The minimum Gasteiger partial charge on any atom is -0.468 e. The predicted molar refractivity (Wildman–Crippen MR) is 50.2 cm³/mol. The minimum absolute atomic E-state index is 0.0700. The van der Waals surface area contributed by atoms with Gasteiger partial charge in [-0.05, 0) is 0 Å². The zero-order chi connectivity index (χ0) is 11.3. The third-order valence-electron chi connectivity index (χ3n) is 2.14. The van der Waals surface area contributed by atoms with Crippen molar-refractivity contribution in [2.45, 2.75) is 18.6 Å². The molecule has 1 fully saturated rings. The quantitative estimate of drug-likeness (QED) is 0.614. The van der Waals surface area contributed by atoms with E-state index in [9.17, 15) is 9.59 Å². The predicted octanol–water partition coefficient (Wildman–Crippen LogP) is -0.920. The van der Waals surface area contributed by atoms with Gasteiger partial charge >= 0.3 is 11.9 Å². The second-order valence-electron chi connectivity index (χ2n) is 3.26. The van der Waals surface area contributed by atoms with Crippen molar-refractivity contribution in [1.82, 2.24) is 5.32 Å². The van der Waals surface area contributed by atoms with E-state index in [0.717, 1.165) is 0 Å². The summed E-state index contributed by atoms with van der Waals surface area (Å²) in [5.41, 5.74) is 0. The zero-order valence-electron chi connectivity index (χ0n) is 8.82. The van der Waals surface area contributed by atoms with Gasteiger partial charge in [0.2, 0.25) is 0 Å². The van der Waals surface area contributed by atoms with Crippen LogP contribution >= 0.6 is 0 Å². The van der Waals surface area contributed by atoms with Gasteiger partial charge in [-0.1, -0.05) is 0 Å². The van der Waals surface area contributed by atoms with Crippen molar-refractivity contribution in [3.63, 3.8) is 0 Å². The summed E-state index contributed by atoms with van der Waals surface area (Å²) < 4.78 is 14.2. The molecular formula is C9H15NO5. The Balaban J connectivity index is 2.30. The summed E-state index contributed by atoms with van der Waals surface area (Å²) in [7, 11) is 2.75. The Morgan fingerprint density at radius 3 is 2.73 bits per heavy atom. The van der Waals surface area contributed by atoms with E-state index in [2.05, 4.69) is 14.8 Å². The number of hydrogen-bond donors (Lipinski definition) is 1. The molecule has 1 N–H and O–H groups in total. The molecule has 1 aliphatic rings. The van der Waals surface area contributed by atoms with E-state index in [4.69, 9.17) is 4.74 Å². The number of esters is 2. The standard InChI is InChI=1S/C9H15NO5/c1-13-5-8(11)15-6-3-7(10-4-6)9(12)14-2/h6-7,10H,3-5H2,1-2H3/t6-,7-/m0/s1. The molecule has 1 heterocycles. The Kier molecular flexibility index (Phi) is 4.51. The second-order valence-corrected chi connectivity index (χ2v) is 3.26. The molecule has 86 valence electrons. The van der Waals surface area contributed by atoms with Gasteiger partial charge in [0, 0.05) is 20.1 Å². The highest BCUT2D eigenvalue weighted by molar-refractivity contribution is 5.76. The molecule has 1 aliphatic heterocycles. The van der Waals surface area contributed by atoms with Crippen molar-refractivity contribution in [3.8, 4) is 0 Å². The molecular weight excluding hydrogens is 202 g/mol. The summed E-state index contributed by atoms with van der Waals surface area (Å²) in [6.45, 7) is 0.397. The van der Waals surface area contributed by atoms with Gasteiger partial charge < -0.3 is 19.5 Å². The summed E-state index contributed by atoms with van der Waals surface area (Å²) in [6, 6.07) is -0.379. The number of nitrogens with one attached hydrogen (secondary N) is 1. The van der Waals surface area contributed by atoms with Crippen molar-refractivity contribution >= 4 is 11.9 Å². The third-order valence-corrected chi connectivity index (χ3v) is 2.14.